The number of carbonyl (C=O) groups excluding carboxylic acids is 2. The van der Waals surface area contributed by atoms with Crippen molar-refractivity contribution in [2.24, 2.45) is 0 Å². The SMILES string of the molecule is CCCCCCCCCCCCN(C(=O)N[C@H](CC(=O)[O-])C[N+](C)(C)C)c1ccccc1. The molecule has 0 fully saturated rings. The maximum Gasteiger partial charge on any atom is 0.322 e. The quantitative estimate of drug-likeness (QED) is 0.285. The van der Waals surface area contributed by atoms with E-state index in [4.69, 9.17) is 0 Å². The standard InChI is InChI=1S/C26H45N3O3/c1-5-6-7-8-9-10-11-12-13-17-20-28(24-18-15-14-16-19-24)26(32)27-23(21-25(30)31)22-29(2,3)4/h14-16,18-19,23H,5-13,17,20-22H2,1-4H3,(H-,27,30,31,32)/t23-/m1/s1. The first-order valence-corrected chi connectivity index (χ1v) is 12.4. The Kier molecular flexibility index (Phi) is 13.7. The number of unbranched alkanes of at least 4 members (excludes halogenated alkanes) is 9. The second kappa shape index (κ2) is 15.7. The van der Waals surface area contributed by atoms with Gasteiger partial charge in [-0.3, -0.25) is 4.90 Å². The summed E-state index contributed by atoms with van der Waals surface area (Å²) in [6.45, 7) is 3.38. The highest BCUT2D eigenvalue weighted by atomic mass is 16.4. The minimum absolute atomic E-state index is 0.192. The molecule has 0 unspecified atom stereocenters. The fourth-order valence-corrected chi connectivity index (χ4v) is 3.99. The zero-order valence-electron chi connectivity index (χ0n) is 20.8. The van der Waals surface area contributed by atoms with Crippen LogP contribution in [0.5, 0.6) is 0 Å². The zero-order chi connectivity index (χ0) is 23.8. The number of likely N-dealkylation sites (N-methyl/N-ethyl adjacent to an activating group) is 1. The van der Waals surface area contributed by atoms with Gasteiger partial charge in [0.1, 0.15) is 0 Å². The number of amides is 2. The van der Waals surface area contributed by atoms with Crippen LogP contribution in [-0.2, 0) is 4.79 Å². The number of nitrogens with zero attached hydrogens (tertiary/aromatic N) is 2. The molecule has 0 radical (unpaired) electrons. The molecule has 1 rings (SSSR count). The molecule has 32 heavy (non-hydrogen) atoms. The van der Waals surface area contributed by atoms with Gasteiger partial charge in [0.2, 0.25) is 0 Å². The van der Waals surface area contributed by atoms with E-state index in [0.29, 0.717) is 17.6 Å². The monoisotopic (exact) mass is 447 g/mol. The molecule has 0 saturated heterocycles. The number of anilines is 1. The third kappa shape index (κ3) is 13.4. The number of benzene rings is 1. The molecule has 0 spiro atoms. The van der Waals surface area contributed by atoms with Crippen molar-refractivity contribution in [1.82, 2.24) is 5.32 Å². The molecule has 0 saturated carbocycles. The minimum atomic E-state index is -1.15. The van der Waals surface area contributed by atoms with Gasteiger partial charge in [0.25, 0.3) is 0 Å². The predicted octanol–water partition coefficient (Wildman–Crippen LogP) is 4.34. The van der Waals surface area contributed by atoms with Crippen molar-refractivity contribution in [1.29, 1.82) is 0 Å². The highest BCUT2D eigenvalue weighted by Gasteiger charge is 2.24. The first-order valence-electron chi connectivity index (χ1n) is 12.4. The van der Waals surface area contributed by atoms with Crippen LogP contribution in [0.3, 0.4) is 0 Å². The van der Waals surface area contributed by atoms with E-state index in [0.717, 1.165) is 18.5 Å². The number of carbonyl (C=O) groups is 2. The number of rotatable bonds is 17. The lowest BCUT2D eigenvalue weighted by atomic mass is 10.1. The number of para-hydroxylation sites is 1. The summed E-state index contributed by atoms with van der Waals surface area (Å²) in [6.07, 6.45) is 12.2. The van der Waals surface area contributed by atoms with Crippen LogP contribution in [0.25, 0.3) is 0 Å². The summed E-state index contributed by atoms with van der Waals surface area (Å²) >= 11 is 0. The van der Waals surface area contributed by atoms with E-state index in [2.05, 4.69) is 12.2 Å². The molecule has 1 atom stereocenters. The van der Waals surface area contributed by atoms with Gasteiger partial charge in [0.15, 0.2) is 0 Å². The number of carboxylic acids is 1. The molecule has 6 nitrogen and oxygen atoms in total. The Hall–Kier alpha value is -2.08. The lowest BCUT2D eigenvalue weighted by Gasteiger charge is -2.32. The van der Waals surface area contributed by atoms with Crippen LogP contribution in [0, 0.1) is 0 Å². The summed E-state index contributed by atoms with van der Waals surface area (Å²) in [5.74, 6) is -1.15. The van der Waals surface area contributed by atoms with Crippen LogP contribution >= 0.6 is 0 Å². The van der Waals surface area contributed by atoms with E-state index in [-0.39, 0.29) is 12.5 Å². The molecule has 0 aromatic heterocycles. The minimum Gasteiger partial charge on any atom is -0.550 e. The Balaban J connectivity index is 2.57. The third-order valence-corrected chi connectivity index (χ3v) is 5.56. The summed E-state index contributed by atoms with van der Waals surface area (Å²) in [5, 5.41) is 14.1. The predicted molar refractivity (Wildman–Crippen MR) is 130 cm³/mol. The molecule has 1 aromatic rings. The Bertz CT molecular complexity index is 643. The molecule has 0 heterocycles. The van der Waals surface area contributed by atoms with Gasteiger partial charge in [-0.1, -0.05) is 82.9 Å². The van der Waals surface area contributed by atoms with Gasteiger partial charge in [0, 0.05) is 24.6 Å². The molecule has 2 amide bonds. The Morgan fingerprint density at radius 1 is 0.906 bits per heavy atom. The maximum absolute atomic E-state index is 13.1. The lowest BCUT2D eigenvalue weighted by molar-refractivity contribution is -0.871. The molecular weight excluding hydrogens is 402 g/mol. The second-order valence-corrected chi connectivity index (χ2v) is 9.86. The van der Waals surface area contributed by atoms with Crippen molar-refractivity contribution in [3.05, 3.63) is 30.3 Å². The van der Waals surface area contributed by atoms with Crippen LogP contribution in [0.15, 0.2) is 30.3 Å². The van der Waals surface area contributed by atoms with Crippen molar-refractivity contribution in [2.75, 3.05) is 39.1 Å². The number of aliphatic carboxylic acids is 1. The Morgan fingerprint density at radius 3 is 1.94 bits per heavy atom. The van der Waals surface area contributed by atoms with Gasteiger partial charge in [-0.15, -0.1) is 0 Å². The second-order valence-electron chi connectivity index (χ2n) is 9.86. The molecule has 1 aromatic carbocycles. The number of hydrogen-bond acceptors (Lipinski definition) is 3. The van der Waals surface area contributed by atoms with E-state index in [9.17, 15) is 14.7 Å². The lowest BCUT2D eigenvalue weighted by Crippen LogP contribution is -2.54. The first-order chi connectivity index (χ1) is 15.2. The number of nitrogens with one attached hydrogen (secondary N) is 1. The number of quaternary nitrogens is 1. The fourth-order valence-electron chi connectivity index (χ4n) is 3.99. The highest BCUT2D eigenvalue weighted by Crippen LogP contribution is 2.16. The molecule has 0 aliphatic carbocycles. The van der Waals surface area contributed by atoms with Gasteiger partial charge < -0.3 is 19.7 Å². The fraction of sp³-hybridized carbons (Fsp3) is 0.692. The molecule has 6 heteroatoms. The van der Waals surface area contributed by atoms with E-state index in [1.54, 1.807) is 4.90 Å². The largest absolute Gasteiger partial charge is 0.550 e. The Morgan fingerprint density at radius 2 is 1.44 bits per heavy atom. The van der Waals surface area contributed by atoms with Gasteiger partial charge in [-0.25, -0.2) is 4.79 Å². The molecular formula is C26H45N3O3. The van der Waals surface area contributed by atoms with Crippen LogP contribution in [0.2, 0.25) is 0 Å². The summed E-state index contributed by atoms with van der Waals surface area (Å²) in [4.78, 5) is 26.1. The normalized spacial score (nSPS) is 12.4. The number of urea groups is 1. The third-order valence-electron chi connectivity index (χ3n) is 5.56. The Labute approximate surface area is 195 Å². The van der Waals surface area contributed by atoms with Crippen LogP contribution < -0.4 is 15.3 Å². The smallest absolute Gasteiger partial charge is 0.322 e. The summed E-state index contributed by atoms with van der Waals surface area (Å²) in [5.41, 5.74) is 0.832. The molecule has 0 aliphatic rings. The van der Waals surface area contributed by atoms with E-state index >= 15 is 0 Å². The zero-order valence-corrected chi connectivity index (χ0v) is 20.8. The van der Waals surface area contributed by atoms with Crippen molar-refractivity contribution < 1.29 is 19.2 Å². The summed E-state index contributed by atoms with van der Waals surface area (Å²) in [7, 11) is 5.94. The summed E-state index contributed by atoms with van der Waals surface area (Å²) < 4.78 is 0.558. The van der Waals surface area contributed by atoms with Crippen molar-refractivity contribution in [3.8, 4) is 0 Å². The van der Waals surface area contributed by atoms with E-state index < -0.39 is 12.0 Å². The van der Waals surface area contributed by atoms with Crippen molar-refractivity contribution >= 4 is 17.7 Å². The van der Waals surface area contributed by atoms with E-state index in [1.165, 1.54) is 51.4 Å². The van der Waals surface area contributed by atoms with Crippen LogP contribution in [0.1, 0.15) is 77.6 Å². The van der Waals surface area contributed by atoms with Gasteiger partial charge in [-0.05, 0) is 18.6 Å². The molecule has 0 aliphatic heterocycles. The first kappa shape index (κ1) is 28.0. The van der Waals surface area contributed by atoms with Gasteiger partial charge in [0.05, 0.1) is 33.7 Å². The van der Waals surface area contributed by atoms with Crippen molar-refractivity contribution in [2.45, 2.75) is 83.6 Å². The number of hydrogen-bond donors (Lipinski definition) is 1. The molecule has 182 valence electrons. The van der Waals surface area contributed by atoms with Crippen LogP contribution in [-0.4, -0.2) is 56.8 Å². The maximum atomic E-state index is 13.1. The highest BCUT2D eigenvalue weighted by molar-refractivity contribution is 5.92. The molecule has 0 bridgehead atoms. The van der Waals surface area contributed by atoms with Crippen LogP contribution in [0.4, 0.5) is 10.5 Å². The van der Waals surface area contributed by atoms with Gasteiger partial charge in [-0.2, -0.15) is 0 Å². The topological polar surface area (TPSA) is 72.5 Å². The number of carboxylic acid groups (broad SMARTS) is 1. The average Bonchev–Trinajstić information content (AvgIpc) is 2.71. The van der Waals surface area contributed by atoms with Gasteiger partial charge >= 0.3 is 6.03 Å². The van der Waals surface area contributed by atoms with E-state index in [1.807, 2.05) is 51.5 Å². The summed E-state index contributed by atoms with van der Waals surface area (Å²) in [6, 6.07) is 8.87. The average molecular weight is 448 g/mol. The van der Waals surface area contributed by atoms with Crippen molar-refractivity contribution in [3.63, 3.8) is 0 Å². The molecule has 1 N–H and O–H groups in total.